The third-order valence-corrected chi connectivity index (χ3v) is 5.36. The largest absolute Gasteiger partial charge is 0.484 e. The summed E-state index contributed by atoms with van der Waals surface area (Å²) in [6, 6.07) is 16.2. The van der Waals surface area contributed by atoms with Gasteiger partial charge >= 0.3 is 0 Å². The highest BCUT2D eigenvalue weighted by molar-refractivity contribution is 7.99. The van der Waals surface area contributed by atoms with Crippen LogP contribution >= 0.6 is 11.8 Å². The Balaban J connectivity index is 1.55. The number of para-hydroxylation sites is 1. The molecule has 0 aliphatic carbocycles. The molecule has 3 nitrogen and oxygen atoms in total. The molecule has 5 heteroatoms. The maximum absolute atomic E-state index is 14.0. The van der Waals surface area contributed by atoms with E-state index in [1.54, 1.807) is 17.8 Å². The van der Waals surface area contributed by atoms with Crippen molar-refractivity contribution >= 4 is 17.7 Å². The minimum Gasteiger partial charge on any atom is -0.484 e. The lowest BCUT2D eigenvalue weighted by atomic mass is 10.1. The summed E-state index contributed by atoms with van der Waals surface area (Å²) in [4.78, 5) is 14.2. The number of halogens is 1. The molecule has 1 amide bonds. The maximum atomic E-state index is 14.0. The van der Waals surface area contributed by atoms with Crippen molar-refractivity contribution in [2.75, 3.05) is 25.4 Å². The zero-order chi connectivity index (χ0) is 16.8. The van der Waals surface area contributed by atoms with Crippen molar-refractivity contribution in [3.63, 3.8) is 0 Å². The van der Waals surface area contributed by atoms with Gasteiger partial charge in [0.05, 0.1) is 0 Å². The highest BCUT2D eigenvalue weighted by Gasteiger charge is 2.23. The second-order valence-electron chi connectivity index (χ2n) is 5.65. The molecule has 3 rings (SSSR count). The summed E-state index contributed by atoms with van der Waals surface area (Å²) in [6.45, 7) is 1.34. The fourth-order valence-electron chi connectivity index (χ4n) is 2.76. The zero-order valence-corrected chi connectivity index (χ0v) is 14.2. The number of hydrogen-bond acceptors (Lipinski definition) is 3. The average Bonchev–Trinajstić information content (AvgIpc) is 2.87. The number of nitrogens with zero attached hydrogens (tertiary/aromatic N) is 1. The van der Waals surface area contributed by atoms with Gasteiger partial charge in [0, 0.05) is 29.7 Å². The van der Waals surface area contributed by atoms with Crippen LogP contribution in [0.15, 0.2) is 54.6 Å². The Morgan fingerprint density at radius 3 is 2.67 bits per heavy atom. The summed E-state index contributed by atoms with van der Waals surface area (Å²) in [5, 5.41) is 0.0963. The van der Waals surface area contributed by atoms with Crippen molar-refractivity contribution in [2.24, 2.45) is 0 Å². The molecular weight excluding hydrogens is 325 g/mol. The normalized spacial score (nSPS) is 18.0. The van der Waals surface area contributed by atoms with E-state index in [9.17, 15) is 9.18 Å². The molecule has 1 aliphatic rings. The SMILES string of the molecule is O=C(COc1ccccc1)N1CCSC(c2ccccc2F)CC1. The Morgan fingerprint density at radius 2 is 1.88 bits per heavy atom. The van der Waals surface area contributed by atoms with E-state index >= 15 is 0 Å². The van der Waals surface area contributed by atoms with Crippen molar-refractivity contribution in [1.29, 1.82) is 0 Å². The molecule has 1 saturated heterocycles. The lowest BCUT2D eigenvalue weighted by Gasteiger charge is -2.20. The van der Waals surface area contributed by atoms with Crippen LogP contribution in [0.25, 0.3) is 0 Å². The summed E-state index contributed by atoms with van der Waals surface area (Å²) in [5.41, 5.74) is 0.734. The second kappa shape index (κ2) is 8.20. The predicted octanol–water partition coefficient (Wildman–Crippen LogP) is 3.91. The zero-order valence-electron chi connectivity index (χ0n) is 13.4. The van der Waals surface area contributed by atoms with Gasteiger partial charge in [-0.2, -0.15) is 11.8 Å². The van der Waals surface area contributed by atoms with Crippen LogP contribution in [-0.4, -0.2) is 36.3 Å². The number of hydrogen-bond donors (Lipinski definition) is 0. The minimum absolute atomic E-state index is 0.0198. The summed E-state index contributed by atoms with van der Waals surface area (Å²) in [5.74, 6) is 1.31. The number of thioether (sulfide) groups is 1. The lowest BCUT2D eigenvalue weighted by molar-refractivity contribution is -0.133. The topological polar surface area (TPSA) is 29.5 Å². The second-order valence-corrected chi connectivity index (χ2v) is 6.96. The van der Waals surface area contributed by atoms with E-state index in [4.69, 9.17) is 4.74 Å². The molecule has 2 aromatic rings. The van der Waals surface area contributed by atoms with E-state index in [0.717, 1.165) is 17.7 Å². The molecule has 1 atom stereocenters. The van der Waals surface area contributed by atoms with E-state index in [-0.39, 0.29) is 23.6 Å². The number of carbonyl (C=O) groups is 1. The smallest absolute Gasteiger partial charge is 0.260 e. The Hall–Kier alpha value is -2.01. The molecule has 24 heavy (non-hydrogen) atoms. The highest BCUT2D eigenvalue weighted by Crippen LogP contribution is 2.35. The predicted molar refractivity (Wildman–Crippen MR) is 94.7 cm³/mol. The maximum Gasteiger partial charge on any atom is 0.260 e. The molecule has 0 N–H and O–H groups in total. The monoisotopic (exact) mass is 345 g/mol. The molecule has 1 unspecified atom stereocenters. The van der Waals surface area contributed by atoms with Gasteiger partial charge in [-0.1, -0.05) is 36.4 Å². The highest BCUT2D eigenvalue weighted by atomic mass is 32.2. The molecule has 2 aromatic carbocycles. The van der Waals surface area contributed by atoms with Crippen LogP contribution in [0.1, 0.15) is 17.2 Å². The van der Waals surface area contributed by atoms with E-state index in [1.807, 2.05) is 47.4 Å². The lowest BCUT2D eigenvalue weighted by Crippen LogP contribution is -2.36. The van der Waals surface area contributed by atoms with Crippen molar-refractivity contribution in [3.05, 3.63) is 66.0 Å². The Kier molecular flexibility index (Phi) is 5.75. The van der Waals surface area contributed by atoms with E-state index in [1.165, 1.54) is 6.07 Å². The Labute approximate surface area is 145 Å². The van der Waals surface area contributed by atoms with Crippen LogP contribution in [0, 0.1) is 5.82 Å². The number of rotatable bonds is 4. The first kappa shape index (κ1) is 16.8. The fraction of sp³-hybridized carbons (Fsp3) is 0.316. The molecule has 0 radical (unpaired) electrons. The number of carbonyl (C=O) groups excluding carboxylic acids is 1. The summed E-state index contributed by atoms with van der Waals surface area (Å²) >= 11 is 1.71. The summed E-state index contributed by atoms with van der Waals surface area (Å²) in [6.07, 6.45) is 0.753. The van der Waals surface area contributed by atoms with E-state index in [0.29, 0.717) is 18.8 Å². The van der Waals surface area contributed by atoms with Gasteiger partial charge in [0.25, 0.3) is 5.91 Å². The van der Waals surface area contributed by atoms with Gasteiger partial charge in [0.2, 0.25) is 0 Å². The van der Waals surface area contributed by atoms with Gasteiger partial charge < -0.3 is 9.64 Å². The first-order valence-electron chi connectivity index (χ1n) is 8.05. The average molecular weight is 345 g/mol. The number of benzene rings is 2. The van der Waals surface area contributed by atoms with Gasteiger partial charge in [-0.05, 0) is 24.6 Å². The first-order valence-corrected chi connectivity index (χ1v) is 9.10. The fourth-order valence-corrected chi connectivity index (χ4v) is 4.01. The molecule has 1 aliphatic heterocycles. The van der Waals surface area contributed by atoms with Crippen molar-refractivity contribution in [2.45, 2.75) is 11.7 Å². The minimum atomic E-state index is -0.165. The van der Waals surface area contributed by atoms with E-state index < -0.39 is 0 Å². The number of amides is 1. The van der Waals surface area contributed by atoms with E-state index in [2.05, 4.69) is 0 Å². The first-order chi connectivity index (χ1) is 11.7. The Morgan fingerprint density at radius 1 is 1.12 bits per heavy atom. The third-order valence-electron chi connectivity index (χ3n) is 4.05. The third kappa shape index (κ3) is 4.29. The Bertz CT molecular complexity index is 680. The number of ether oxygens (including phenoxy) is 1. The van der Waals surface area contributed by atoms with Gasteiger partial charge in [-0.3, -0.25) is 4.79 Å². The molecule has 0 aromatic heterocycles. The molecule has 1 heterocycles. The molecular formula is C19H20FNO2S. The van der Waals surface area contributed by atoms with Crippen LogP contribution in [0.4, 0.5) is 4.39 Å². The van der Waals surface area contributed by atoms with Crippen molar-refractivity contribution < 1.29 is 13.9 Å². The van der Waals surface area contributed by atoms with Gasteiger partial charge in [-0.25, -0.2) is 4.39 Å². The van der Waals surface area contributed by atoms with Crippen LogP contribution in [-0.2, 0) is 4.79 Å². The van der Waals surface area contributed by atoms with Crippen LogP contribution in [0.5, 0.6) is 5.75 Å². The van der Waals surface area contributed by atoms with Crippen molar-refractivity contribution in [3.8, 4) is 5.75 Å². The summed E-state index contributed by atoms with van der Waals surface area (Å²) < 4.78 is 19.5. The van der Waals surface area contributed by atoms with Gasteiger partial charge in [0.1, 0.15) is 11.6 Å². The molecule has 0 saturated carbocycles. The van der Waals surface area contributed by atoms with Crippen molar-refractivity contribution in [1.82, 2.24) is 4.90 Å². The van der Waals surface area contributed by atoms with Crippen LogP contribution < -0.4 is 4.74 Å². The molecule has 0 bridgehead atoms. The molecule has 126 valence electrons. The van der Waals surface area contributed by atoms with Gasteiger partial charge in [-0.15, -0.1) is 0 Å². The standard InChI is InChI=1S/C19H20FNO2S/c20-17-9-5-4-8-16(17)18-10-11-21(12-13-24-18)19(22)14-23-15-6-2-1-3-7-15/h1-9,18H,10-14H2. The van der Waals surface area contributed by atoms with Gasteiger partial charge in [0.15, 0.2) is 6.61 Å². The van der Waals surface area contributed by atoms with Crippen LogP contribution in [0.2, 0.25) is 0 Å². The van der Waals surface area contributed by atoms with Crippen LogP contribution in [0.3, 0.4) is 0 Å². The molecule has 0 spiro atoms. The molecule has 1 fully saturated rings. The summed E-state index contributed by atoms with van der Waals surface area (Å²) in [7, 11) is 0. The quantitative estimate of drug-likeness (QED) is 0.841.